The molecule has 1 amide bonds. The number of likely N-dealkylation sites (N-methyl/N-ethyl adjacent to an activating group) is 1. The number of esters is 1. The van der Waals surface area contributed by atoms with Gasteiger partial charge in [0.25, 0.3) is 17.7 Å². The van der Waals surface area contributed by atoms with E-state index in [2.05, 4.69) is 15.2 Å². The summed E-state index contributed by atoms with van der Waals surface area (Å²) < 4.78 is 46.0. The van der Waals surface area contributed by atoms with Crippen molar-refractivity contribution in [1.82, 2.24) is 24.4 Å². The molecule has 1 fully saturated rings. The summed E-state index contributed by atoms with van der Waals surface area (Å²) in [5, 5.41) is 7.65. The number of nitrogens with zero attached hydrogens (tertiary/aromatic N) is 4. The lowest BCUT2D eigenvalue weighted by molar-refractivity contribution is -0.210. The fourth-order valence-corrected chi connectivity index (χ4v) is 5.31. The zero-order chi connectivity index (χ0) is 25.7. The van der Waals surface area contributed by atoms with Gasteiger partial charge in [-0.25, -0.2) is 4.79 Å². The van der Waals surface area contributed by atoms with E-state index in [1.54, 1.807) is 24.3 Å². The highest BCUT2D eigenvalue weighted by molar-refractivity contribution is 7.18. The first-order valence-electron chi connectivity index (χ1n) is 11.2. The number of rotatable bonds is 5. The highest BCUT2D eigenvalue weighted by Gasteiger charge is 2.45. The average Bonchev–Trinajstić information content (AvgIpc) is 3.28. The van der Waals surface area contributed by atoms with Gasteiger partial charge >= 0.3 is 12.1 Å². The zero-order valence-corrected chi connectivity index (χ0v) is 20.5. The third kappa shape index (κ3) is 4.92. The first-order valence-corrected chi connectivity index (χ1v) is 12.0. The van der Waals surface area contributed by atoms with E-state index < -0.39 is 29.8 Å². The van der Waals surface area contributed by atoms with Gasteiger partial charge in [0, 0.05) is 28.8 Å². The smallest absolute Gasteiger partial charge is 0.423 e. The maximum absolute atomic E-state index is 13.4. The van der Waals surface area contributed by atoms with E-state index in [0.29, 0.717) is 23.5 Å². The van der Waals surface area contributed by atoms with E-state index in [4.69, 9.17) is 0 Å². The molecule has 0 bridgehead atoms. The largest absolute Gasteiger partial charge is 0.491 e. The van der Waals surface area contributed by atoms with Crippen molar-refractivity contribution in [1.29, 1.82) is 0 Å². The Bertz CT molecular complexity index is 1340. The second-order valence-corrected chi connectivity index (χ2v) is 10.3. The van der Waals surface area contributed by atoms with Crippen molar-refractivity contribution < 1.29 is 27.5 Å². The lowest BCUT2D eigenvalue weighted by Gasteiger charge is -2.31. The van der Waals surface area contributed by atoms with Crippen molar-refractivity contribution >= 4 is 38.9 Å². The predicted molar refractivity (Wildman–Crippen MR) is 124 cm³/mol. The number of piperidine rings is 1. The van der Waals surface area contributed by atoms with Gasteiger partial charge in [0.1, 0.15) is 16.2 Å². The van der Waals surface area contributed by atoms with Crippen molar-refractivity contribution in [3.63, 3.8) is 0 Å². The van der Waals surface area contributed by atoms with Gasteiger partial charge in [-0.2, -0.15) is 23.0 Å². The molecule has 190 valence electrons. The number of nitrogens with one attached hydrogen (secondary N) is 1. The molecular formula is C22H26F3N5O4S. The Morgan fingerprint density at radius 2 is 2.00 bits per heavy atom. The topological polar surface area (TPSA) is 97.9 Å². The molecule has 1 aliphatic heterocycles. The molecule has 1 aliphatic rings. The molecule has 0 saturated carbocycles. The van der Waals surface area contributed by atoms with Crippen LogP contribution in [-0.2, 0) is 14.3 Å². The molecule has 4 heterocycles. The second-order valence-electron chi connectivity index (χ2n) is 9.11. The van der Waals surface area contributed by atoms with E-state index in [0.717, 1.165) is 28.1 Å². The van der Waals surface area contributed by atoms with Crippen molar-refractivity contribution in [2.45, 2.75) is 58.0 Å². The summed E-state index contributed by atoms with van der Waals surface area (Å²) in [5.74, 6) is -3.54. The van der Waals surface area contributed by atoms with Crippen LogP contribution < -0.4 is 10.9 Å². The summed E-state index contributed by atoms with van der Waals surface area (Å²) >= 11 is 1.44. The molecule has 4 rings (SSSR count). The molecule has 0 aliphatic carbocycles. The first-order chi connectivity index (χ1) is 16.4. The van der Waals surface area contributed by atoms with Crippen LogP contribution in [0.4, 0.5) is 13.2 Å². The van der Waals surface area contributed by atoms with Crippen LogP contribution in [0.25, 0.3) is 15.7 Å². The Hall–Kier alpha value is -2.93. The van der Waals surface area contributed by atoms with Crippen LogP contribution in [0.15, 0.2) is 16.9 Å². The zero-order valence-electron chi connectivity index (χ0n) is 19.7. The van der Waals surface area contributed by atoms with Crippen molar-refractivity contribution in [3.05, 3.63) is 33.2 Å². The van der Waals surface area contributed by atoms with Crippen molar-refractivity contribution in [2.75, 3.05) is 20.1 Å². The van der Waals surface area contributed by atoms with Crippen LogP contribution in [0.2, 0.25) is 0 Å². The Labute approximate surface area is 202 Å². The SMILES string of the molecule is Cc1cc2cc3c(=O)n([C@H](OC(=O)C(F)(F)F)C(=O)NC4CCCN(C)C4)nc(C(C)C)n3c2s1. The number of aryl methyl sites for hydroxylation is 1. The van der Waals surface area contributed by atoms with Gasteiger partial charge in [0.15, 0.2) is 0 Å². The van der Waals surface area contributed by atoms with Gasteiger partial charge in [0.2, 0.25) is 0 Å². The van der Waals surface area contributed by atoms with Crippen LogP contribution in [0.1, 0.15) is 49.5 Å². The predicted octanol–water partition coefficient (Wildman–Crippen LogP) is 2.96. The molecule has 0 spiro atoms. The number of aromatic nitrogens is 3. The van der Waals surface area contributed by atoms with E-state index in [1.165, 1.54) is 11.3 Å². The molecule has 35 heavy (non-hydrogen) atoms. The summed E-state index contributed by atoms with van der Waals surface area (Å²) in [4.78, 5) is 42.0. The van der Waals surface area contributed by atoms with Gasteiger partial charge in [-0.15, -0.1) is 11.3 Å². The molecule has 0 radical (unpaired) electrons. The Morgan fingerprint density at radius 1 is 1.29 bits per heavy atom. The molecule has 1 saturated heterocycles. The maximum Gasteiger partial charge on any atom is 0.491 e. The van der Waals surface area contributed by atoms with Crippen LogP contribution in [-0.4, -0.2) is 63.3 Å². The van der Waals surface area contributed by atoms with Gasteiger partial charge in [-0.3, -0.25) is 14.0 Å². The molecule has 3 aromatic rings. The summed E-state index contributed by atoms with van der Waals surface area (Å²) in [6.07, 6.45) is -6.20. The average molecular weight is 514 g/mol. The molecule has 13 heteroatoms. The second kappa shape index (κ2) is 9.26. The molecule has 2 atom stereocenters. The molecule has 1 unspecified atom stereocenters. The number of fused-ring (bicyclic) bond motifs is 3. The summed E-state index contributed by atoms with van der Waals surface area (Å²) in [6.45, 7) is 6.81. The quantitative estimate of drug-likeness (QED) is 0.527. The number of alkyl halides is 3. The number of hydrogen-bond donors (Lipinski definition) is 1. The Kier molecular flexibility index (Phi) is 6.66. The Morgan fingerprint density at radius 3 is 2.63 bits per heavy atom. The minimum Gasteiger partial charge on any atom is -0.423 e. The number of ether oxygens (including phenoxy) is 1. The minimum atomic E-state index is -5.35. The van der Waals surface area contributed by atoms with E-state index in [1.807, 2.05) is 24.9 Å². The molecule has 0 aromatic carbocycles. The van der Waals surface area contributed by atoms with Crippen LogP contribution in [0.3, 0.4) is 0 Å². The minimum absolute atomic E-state index is 0.128. The van der Waals surface area contributed by atoms with Crippen LogP contribution in [0, 0.1) is 6.92 Å². The number of carbonyl (C=O) groups excluding carboxylic acids is 2. The number of thiophene rings is 1. The van der Waals surface area contributed by atoms with Crippen LogP contribution >= 0.6 is 11.3 Å². The van der Waals surface area contributed by atoms with E-state index >= 15 is 0 Å². The monoisotopic (exact) mass is 513 g/mol. The number of likely N-dealkylation sites (tertiary alicyclic amines) is 1. The van der Waals surface area contributed by atoms with Crippen molar-refractivity contribution in [2.24, 2.45) is 0 Å². The van der Waals surface area contributed by atoms with E-state index in [9.17, 15) is 27.6 Å². The van der Waals surface area contributed by atoms with Gasteiger partial charge in [-0.05, 0) is 45.5 Å². The highest BCUT2D eigenvalue weighted by atomic mass is 32.1. The number of hydrogen-bond acceptors (Lipinski definition) is 7. The number of halogens is 3. The number of carbonyl (C=O) groups is 2. The third-order valence-electron chi connectivity index (χ3n) is 5.85. The highest BCUT2D eigenvalue weighted by Crippen LogP contribution is 2.30. The first kappa shape index (κ1) is 25.2. The van der Waals surface area contributed by atoms with Gasteiger partial charge < -0.3 is 15.0 Å². The molecular weight excluding hydrogens is 487 g/mol. The fourth-order valence-electron chi connectivity index (χ4n) is 4.30. The number of amides is 1. The van der Waals surface area contributed by atoms with Crippen molar-refractivity contribution in [3.8, 4) is 0 Å². The molecule has 1 N–H and O–H groups in total. The molecule has 9 nitrogen and oxygen atoms in total. The van der Waals surface area contributed by atoms with E-state index in [-0.39, 0.29) is 17.5 Å². The summed E-state index contributed by atoms with van der Waals surface area (Å²) in [6, 6.07) is 3.11. The summed E-state index contributed by atoms with van der Waals surface area (Å²) in [7, 11) is 1.86. The maximum atomic E-state index is 13.4. The molecule has 3 aromatic heterocycles. The van der Waals surface area contributed by atoms with Crippen LogP contribution in [0.5, 0.6) is 0 Å². The normalized spacial score (nSPS) is 18.3. The third-order valence-corrected chi connectivity index (χ3v) is 6.90. The Balaban J connectivity index is 1.83. The van der Waals surface area contributed by atoms with Gasteiger partial charge in [-0.1, -0.05) is 13.8 Å². The standard InChI is InChI=1S/C22H26F3N5O4S/c1-11(2)16-27-30(18(32)15-9-13-8-12(3)35-20(13)29(15)16)19(34-21(33)22(23,24)25)17(31)26-14-6-5-7-28(4)10-14/h8-9,11,14,19H,5-7,10H2,1-4H3,(H,26,31)/t14?,19-/m1/s1. The lowest BCUT2D eigenvalue weighted by Crippen LogP contribution is -2.50. The summed E-state index contributed by atoms with van der Waals surface area (Å²) in [5.41, 5.74) is -0.713. The fraction of sp³-hybridized carbons (Fsp3) is 0.545. The van der Waals surface area contributed by atoms with Gasteiger partial charge in [0.05, 0.1) is 0 Å². The lowest BCUT2D eigenvalue weighted by atomic mass is 10.1.